The van der Waals surface area contributed by atoms with Gasteiger partial charge in [0.25, 0.3) is 0 Å². The first-order valence-electron chi connectivity index (χ1n) is 4.20. The summed E-state index contributed by atoms with van der Waals surface area (Å²) in [6.45, 7) is 2.67. The molecule has 15 heavy (non-hydrogen) atoms. The van der Waals surface area contributed by atoms with E-state index in [1.165, 1.54) is 19.9 Å². The van der Waals surface area contributed by atoms with E-state index in [4.69, 9.17) is 10.8 Å². The number of nitrogens with two attached hydrogens (primary N) is 2. The van der Waals surface area contributed by atoms with E-state index in [1.54, 1.807) is 12.1 Å². The van der Waals surface area contributed by atoms with E-state index in [9.17, 15) is 9.59 Å². The van der Waals surface area contributed by atoms with Crippen molar-refractivity contribution in [3.8, 4) is 5.75 Å². The lowest BCUT2D eigenvalue weighted by atomic mass is 10.1. The number of carbonyl (C=O) groups excluding carboxylic acids is 2. The molecule has 0 spiro atoms. The molecule has 5 heteroatoms. The minimum absolute atomic E-state index is 0.0579. The molecule has 0 aliphatic carbocycles. The van der Waals surface area contributed by atoms with Crippen molar-refractivity contribution in [2.75, 3.05) is 5.73 Å². The van der Waals surface area contributed by atoms with Gasteiger partial charge >= 0.3 is 0 Å². The molecule has 0 bridgehead atoms. The van der Waals surface area contributed by atoms with Crippen LogP contribution in [-0.2, 0) is 4.79 Å². The topological polar surface area (TPSA) is 106 Å². The number of benzene rings is 1. The molecule has 1 rings (SSSR count). The van der Waals surface area contributed by atoms with E-state index in [-0.39, 0.29) is 23.0 Å². The van der Waals surface area contributed by atoms with Gasteiger partial charge in [-0.05, 0) is 19.1 Å². The maximum Gasteiger partial charge on any atom is 0.214 e. The molecule has 82 valence electrons. The van der Waals surface area contributed by atoms with Gasteiger partial charge in [-0.15, -0.1) is 0 Å². The molecule has 0 aromatic heterocycles. The summed E-state index contributed by atoms with van der Waals surface area (Å²) in [7, 11) is 0. The van der Waals surface area contributed by atoms with Crippen LogP contribution in [-0.4, -0.2) is 16.8 Å². The van der Waals surface area contributed by atoms with Crippen molar-refractivity contribution < 1.29 is 14.7 Å². The summed E-state index contributed by atoms with van der Waals surface area (Å²) in [5, 5.41) is 9.16. The van der Waals surface area contributed by atoms with Crippen molar-refractivity contribution in [2.45, 2.75) is 13.8 Å². The zero-order chi connectivity index (χ0) is 12.0. The Balaban J connectivity index is 0.000000423. The number of phenols is 1. The molecular weight excluding hydrogens is 196 g/mol. The van der Waals surface area contributed by atoms with Crippen LogP contribution in [0, 0.1) is 0 Å². The average molecular weight is 210 g/mol. The van der Waals surface area contributed by atoms with Crippen LogP contribution in [0.3, 0.4) is 0 Å². The summed E-state index contributed by atoms with van der Waals surface area (Å²) in [5.74, 6) is -0.613. The summed E-state index contributed by atoms with van der Waals surface area (Å²) in [6.07, 6.45) is 0. The van der Waals surface area contributed by atoms with Crippen molar-refractivity contribution in [1.29, 1.82) is 0 Å². The van der Waals surface area contributed by atoms with Crippen molar-refractivity contribution in [2.24, 2.45) is 5.73 Å². The molecule has 1 amide bonds. The molecule has 0 saturated carbocycles. The maximum atomic E-state index is 10.8. The molecule has 0 heterocycles. The summed E-state index contributed by atoms with van der Waals surface area (Å²) < 4.78 is 0. The van der Waals surface area contributed by atoms with E-state index >= 15 is 0 Å². The second-order valence-corrected chi connectivity index (χ2v) is 2.91. The number of carbonyl (C=O) groups is 2. The van der Waals surface area contributed by atoms with E-state index in [0.717, 1.165) is 0 Å². The first-order valence-corrected chi connectivity index (χ1v) is 4.20. The fourth-order valence-electron chi connectivity index (χ4n) is 0.941. The number of hydrogen-bond acceptors (Lipinski definition) is 4. The Labute approximate surface area is 87.7 Å². The Morgan fingerprint density at radius 2 is 1.73 bits per heavy atom. The quantitative estimate of drug-likeness (QED) is 0.467. The van der Waals surface area contributed by atoms with Crippen LogP contribution in [0.4, 0.5) is 5.69 Å². The number of phenolic OH excluding ortho intramolecular Hbond substituents is 1. The Morgan fingerprint density at radius 3 is 2.00 bits per heavy atom. The Kier molecular flexibility index (Phi) is 4.87. The number of rotatable bonds is 1. The van der Waals surface area contributed by atoms with Gasteiger partial charge in [-0.3, -0.25) is 9.59 Å². The van der Waals surface area contributed by atoms with Gasteiger partial charge in [0.2, 0.25) is 5.91 Å². The van der Waals surface area contributed by atoms with E-state index in [1.807, 2.05) is 0 Å². The lowest BCUT2D eigenvalue weighted by Crippen LogP contribution is -2.01. The molecule has 0 unspecified atom stereocenters. The molecule has 1 aromatic rings. The fraction of sp³-hybridized carbons (Fsp3) is 0.200. The number of amides is 1. The van der Waals surface area contributed by atoms with E-state index in [0.29, 0.717) is 5.69 Å². The molecule has 1 aromatic carbocycles. The van der Waals surface area contributed by atoms with E-state index < -0.39 is 0 Å². The fourth-order valence-corrected chi connectivity index (χ4v) is 0.941. The third kappa shape index (κ3) is 4.66. The number of anilines is 1. The minimum atomic E-state index is -0.333. The van der Waals surface area contributed by atoms with Crippen LogP contribution >= 0.6 is 0 Å². The molecule has 5 N–H and O–H groups in total. The average Bonchev–Trinajstić information content (AvgIpc) is 2.01. The molecule has 0 aliphatic rings. The van der Waals surface area contributed by atoms with Gasteiger partial charge in [0, 0.05) is 12.6 Å². The molecule has 0 saturated heterocycles. The number of aromatic hydroxyl groups is 1. The highest BCUT2D eigenvalue weighted by Crippen LogP contribution is 2.22. The number of primary amides is 1. The molecular formula is C10H14N2O3. The van der Waals surface area contributed by atoms with Gasteiger partial charge in [-0.25, -0.2) is 0 Å². The first kappa shape index (κ1) is 13.0. The van der Waals surface area contributed by atoms with Crippen LogP contribution in [0.5, 0.6) is 5.75 Å². The Bertz CT molecular complexity index is 351. The SMILES string of the molecule is CC(=O)c1c(N)cccc1O.CC(N)=O. The largest absolute Gasteiger partial charge is 0.507 e. The molecule has 0 radical (unpaired) electrons. The number of ketones is 1. The zero-order valence-corrected chi connectivity index (χ0v) is 8.65. The molecule has 5 nitrogen and oxygen atoms in total. The van der Waals surface area contributed by atoms with Gasteiger partial charge in [0.05, 0.1) is 5.56 Å². The van der Waals surface area contributed by atoms with Crippen molar-refractivity contribution in [3.05, 3.63) is 23.8 Å². The van der Waals surface area contributed by atoms with Gasteiger partial charge in [0.1, 0.15) is 5.75 Å². The maximum absolute atomic E-state index is 10.8. The molecule has 0 fully saturated rings. The number of Topliss-reactive ketones (excluding diaryl/α,β-unsaturated/α-hetero) is 1. The van der Waals surface area contributed by atoms with Crippen molar-refractivity contribution >= 4 is 17.4 Å². The lowest BCUT2D eigenvalue weighted by Gasteiger charge is -2.02. The summed E-state index contributed by atoms with van der Waals surface area (Å²) in [6, 6.07) is 4.61. The lowest BCUT2D eigenvalue weighted by molar-refractivity contribution is -0.115. The Morgan fingerprint density at radius 1 is 1.27 bits per heavy atom. The van der Waals surface area contributed by atoms with Crippen molar-refractivity contribution in [3.63, 3.8) is 0 Å². The molecule has 0 atom stereocenters. The Hall–Kier alpha value is -2.04. The van der Waals surface area contributed by atoms with Gasteiger partial charge in [0.15, 0.2) is 5.78 Å². The van der Waals surface area contributed by atoms with Crippen LogP contribution in [0.2, 0.25) is 0 Å². The minimum Gasteiger partial charge on any atom is -0.507 e. The second-order valence-electron chi connectivity index (χ2n) is 2.91. The van der Waals surface area contributed by atoms with Crippen LogP contribution in [0.1, 0.15) is 24.2 Å². The molecule has 0 aliphatic heterocycles. The van der Waals surface area contributed by atoms with Crippen LogP contribution in [0.25, 0.3) is 0 Å². The predicted octanol–water partition coefficient (Wildman–Crippen LogP) is 0.669. The van der Waals surface area contributed by atoms with Crippen molar-refractivity contribution in [1.82, 2.24) is 0 Å². The zero-order valence-electron chi connectivity index (χ0n) is 8.65. The third-order valence-electron chi connectivity index (χ3n) is 1.43. The normalized spacial score (nSPS) is 8.67. The van der Waals surface area contributed by atoms with Crippen LogP contribution < -0.4 is 11.5 Å². The highest BCUT2D eigenvalue weighted by atomic mass is 16.3. The smallest absolute Gasteiger partial charge is 0.214 e. The monoisotopic (exact) mass is 210 g/mol. The van der Waals surface area contributed by atoms with Crippen LogP contribution in [0.15, 0.2) is 18.2 Å². The summed E-state index contributed by atoms with van der Waals surface area (Å²) >= 11 is 0. The standard InChI is InChI=1S/C8H9NO2.C2H5NO/c1-5(10)8-6(9)3-2-4-7(8)11;1-2(3)4/h2-4,11H,9H2,1H3;1H3,(H2,3,4). The summed E-state index contributed by atoms with van der Waals surface area (Å²) in [4.78, 5) is 20.1. The van der Waals surface area contributed by atoms with Gasteiger partial charge in [-0.1, -0.05) is 6.07 Å². The first-order chi connectivity index (χ1) is 6.86. The van der Waals surface area contributed by atoms with E-state index in [2.05, 4.69) is 5.73 Å². The predicted molar refractivity (Wildman–Crippen MR) is 57.4 cm³/mol. The van der Waals surface area contributed by atoms with Gasteiger partial charge < -0.3 is 16.6 Å². The summed E-state index contributed by atoms with van der Waals surface area (Å²) in [5.41, 5.74) is 10.4. The third-order valence-corrected chi connectivity index (χ3v) is 1.43. The van der Waals surface area contributed by atoms with Gasteiger partial charge in [-0.2, -0.15) is 0 Å². The second kappa shape index (κ2) is 5.64. The highest BCUT2D eigenvalue weighted by molar-refractivity contribution is 6.01. The number of nitrogen functional groups attached to an aromatic ring is 1. The highest BCUT2D eigenvalue weighted by Gasteiger charge is 2.08. The number of hydrogen-bond donors (Lipinski definition) is 3.